The van der Waals surface area contributed by atoms with Crippen molar-refractivity contribution in [2.24, 2.45) is 0 Å². The van der Waals surface area contributed by atoms with Crippen LogP contribution in [0.5, 0.6) is 0 Å². The number of ketones is 1. The fourth-order valence-electron chi connectivity index (χ4n) is 3.15. The van der Waals surface area contributed by atoms with Crippen LogP contribution in [0.15, 0.2) is 54.6 Å². The number of hydrogen-bond acceptors (Lipinski definition) is 3. The zero-order chi connectivity index (χ0) is 16.9. The lowest BCUT2D eigenvalue weighted by Crippen LogP contribution is -2.48. The Morgan fingerprint density at radius 3 is 2.58 bits per heavy atom. The monoisotopic (exact) mass is 322 g/mol. The summed E-state index contributed by atoms with van der Waals surface area (Å²) in [6, 6.07) is 17.0. The largest absolute Gasteiger partial charge is 0.360 e. The van der Waals surface area contributed by atoms with Crippen LogP contribution in [-0.4, -0.2) is 30.8 Å². The third-order valence-electron chi connectivity index (χ3n) is 4.51. The summed E-state index contributed by atoms with van der Waals surface area (Å²) in [4.78, 5) is 26.7. The topological polar surface area (TPSA) is 49.4 Å². The Hall–Kier alpha value is -2.62. The second-order valence-corrected chi connectivity index (χ2v) is 6.11. The first-order chi connectivity index (χ1) is 11.7. The van der Waals surface area contributed by atoms with Crippen LogP contribution >= 0.6 is 0 Å². The van der Waals surface area contributed by atoms with Gasteiger partial charge in [0.25, 0.3) is 0 Å². The van der Waals surface area contributed by atoms with E-state index in [4.69, 9.17) is 0 Å². The number of amides is 1. The number of aryl methyl sites for hydroxylation is 1. The molecule has 0 radical (unpaired) electrons. The Morgan fingerprint density at radius 1 is 1.08 bits per heavy atom. The van der Waals surface area contributed by atoms with Crippen LogP contribution < -0.4 is 10.2 Å². The Labute approximate surface area is 142 Å². The molecule has 1 heterocycles. The lowest BCUT2D eigenvalue weighted by atomic mass is 10.00. The first kappa shape index (κ1) is 16.2. The Bertz CT molecular complexity index is 727. The van der Waals surface area contributed by atoms with Gasteiger partial charge in [-0.2, -0.15) is 0 Å². The van der Waals surface area contributed by atoms with Gasteiger partial charge in [0.05, 0.1) is 6.54 Å². The molecule has 1 atom stereocenters. The van der Waals surface area contributed by atoms with Gasteiger partial charge < -0.3 is 10.2 Å². The quantitative estimate of drug-likeness (QED) is 0.861. The number of para-hydroxylation sites is 1. The summed E-state index contributed by atoms with van der Waals surface area (Å²) in [6.07, 6.45) is 2.09. The van der Waals surface area contributed by atoms with Crippen LogP contribution in [0.2, 0.25) is 0 Å². The molecule has 0 aliphatic carbocycles. The van der Waals surface area contributed by atoms with E-state index in [0.717, 1.165) is 25.1 Å². The summed E-state index contributed by atoms with van der Waals surface area (Å²) in [7, 11) is 0. The number of carbonyl (C=O) groups excluding carboxylic acids is 2. The van der Waals surface area contributed by atoms with Crippen molar-refractivity contribution in [2.45, 2.75) is 25.8 Å². The normalized spacial score (nSPS) is 14.6. The summed E-state index contributed by atoms with van der Waals surface area (Å²) in [5.74, 6) is -0.189. The highest BCUT2D eigenvalue weighted by Crippen LogP contribution is 2.28. The Kier molecular flexibility index (Phi) is 4.94. The SMILES string of the molecule is CC(C(=O)NCC(=O)c1ccccc1)N1CCCc2ccccc21. The molecule has 0 bridgehead atoms. The lowest BCUT2D eigenvalue weighted by molar-refractivity contribution is -0.121. The predicted molar refractivity (Wildman–Crippen MR) is 95.4 cm³/mol. The standard InChI is InChI=1S/C20H22N2O2/c1-15(22-13-7-11-16-8-5-6-12-18(16)22)20(24)21-14-19(23)17-9-3-2-4-10-17/h2-6,8-10,12,15H,7,11,13-14H2,1H3,(H,21,24). The molecule has 1 amide bonds. The summed E-state index contributed by atoms with van der Waals surface area (Å²) in [5, 5.41) is 2.78. The molecule has 4 nitrogen and oxygen atoms in total. The lowest BCUT2D eigenvalue weighted by Gasteiger charge is -2.35. The van der Waals surface area contributed by atoms with E-state index in [1.54, 1.807) is 12.1 Å². The van der Waals surface area contributed by atoms with Crippen LogP contribution in [0.4, 0.5) is 5.69 Å². The molecule has 0 spiro atoms. The van der Waals surface area contributed by atoms with E-state index < -0.39 is 0 Å². The van der Waals surface area contributed by atoms with Gasteiger partial charge in [-0.3, -0.25) is 9.59 Å². The molecule has 124 valence electrons. The minimum atomic E-state index is -0.296. The minimum Gasteiger partial charge on any atom is -0.360 e. The maximum Gasteiger partial charge on any atom is 0.242 e. The molecule has 2 aromatic carbocycles. The number of nitrogens with zero attached hydrogens (tertiary/aromatic N) is 1. The molecule has 24 heavy (non-hydrogen) atoms. The van der Waals surface area contributed by atoms with E-state index in [0.29, 0.717) is 5.56 Å². The average molecular weight is 322 g/mol. The number of benzene rings is 2. The second-order valence-electron chi connectivity index (χ2n) is 6.11. The molecule has 1 N–H and O–H groups in total. The van der Waals surface area contributed by atoms with Crippen molar-refractivity contribution < 1.29 is 9.59 Å². The van der Waals surface area contributed by atoms with Crippen LogP contribution in [0.25, 0.3) is 0 Å². The maximum absolute atomic E-state index is 12.5. The fourth-order valence-corrected chi connectivity index (χ4v) is 3.15. The van der Waals surface area contributed by atoms with Crippen LogP contribution in [0, 0.1) is 0 Å². The molecule has 0 saturated carbocycles. The van der Waals surface area contributed by atoms with Crippen molar-refractivity contribution in [1.82, 2.24) is 5.32 Å². The van der Waals surface area contributed by atoms with E-state index in [-0.39, 0.29) is 24.3 Å². The Morgan fingerprint density at radius 2 is 1.79 bits per heavy atom. The molecule has 2 aromatic rings. The second kappa shape index (κ2) is 7.30. The van der Waals surface area contributed by atoms with Crippen molar-refractivity contribution in [3.8, 4) is 0 Å². The summed E-state index contributed by atoms with van der Waals surface area (Å²) >= 11 is 0. The van der Waals surface area contributed by atoms with E-state index in [1.807, 2.05) is 37.3 Å². The number of anilines is 1. The van der Waals surface area contributed by atoms with Gasteiger partial charge >= 0.3 is 0 Å². The molecule has 1 aliphatic rings. The van der Waals surface area contributed by atoms with Gasteiger partial charge in [-0.05, 0) is 31.4 Å². The highest BCUT2D eigenvalue weighted by Gasteiger charge is 2.25. The maximum atomic E-state index is 12.5. The van der Waals surface area contributed by atoms with Gasteiger partial charge in [0.1, 0.15) is 6.04 Å². The minimum absolute atomic E-state index is 0.0304. The molecule has 3 rings (SSSR count). The fraction of sp³-hybridized carbons (Fsp3) is 0.300. The third kappa shape index (κ3) is 3.48. The smallest absolute Gasteiger partial charge is 0.242 e. The van der Waals surface area contributed by atoms with Crippen molar-refractivity contribution in [1.29, 1.82) is 0 Å². The molecule has 0 saturated heterocycles. The van der Waals surface area contributed by atoms with E-state index in [2.05, 4.69) is 22.3 Å². The van der Waals surface area contributed by atoms with Gasteiger partial charge in [0.15, 0.2) is 5.78 Å². The third-order valence-corrected chi connectivity index (χ3v) is 4.51. The Balaban J connectivity index is 1.63. The summed E-state index contributed by atoms with van der Waals surface area (Å²) in [5.41, 5.74) is 3.03. The van der Waals surface area contributed by atoms with Crippen molar-refractivity contribution >= 4 is 17.4 Å². The van der Waals surface area contributed by atoms with Crippen LogP contribution in [-0.2, 0) is 11.2 Å². The molecular weight excluding hydrogens is 300 g/mol. The van der Waals surface area contributed by atoms with Crippen LogP contribution in [0.3, 0.4) is 0 Å². The van der Waals surface area contributed by atoms with Crippen molar-refractivity contribution in [2.75, 3.05) is 18.0 Å². The molecular formula is C20H22N2O2. The van der Waals surface area contributed by atoms with Crippen molar-refractivity contribution in [3.05, 3.63) is 65.7 Å². The average Bonchev–Trinajstić information content (AvgIpc) is 2.65. The number of Topliss-reactive ketones (excluding diaryl/α,β-unsaturated/α-hetero) is 1. The molecule has 4 heteroatoms. The van der Waals surface area contributed by atoms with Gasteiger partial charge in [-0.25, -0.2) is 0 Å². The number of carbonyl (C=O) groups is 2. The van der Waals surface area contributed by atoms with E-state index >= 15 is 0 Å². The number of rotatable bonds is 5. The summed E-state index contributed by atoms with van der Waals surface area (Å²) in [6.45, 7) is 2.78. The highest BCUT2D eigenvalue weighted by atomic mass is 16.2. The summed E-state index contributed by atoms with van der Waals surface area (Å²) < 4.78 is 0. The zero-order valence-electron chi connectivity index (χ0n) is 13.9. The molecule has 1 unspecified atom stereocenters. The van der Waals surface area contributed by atoms with Gasteiger partial charge in [-0.15, -0.1) is 0 Å². The first-order valence-electron chi connectivity index (χ1n) is 8.37. The zero-order valence-corrected chi connectivity index (χ0v) is 13.9. The highest BCUT2D eigenvalue weighted by molar-refractivity contribution is 6.00. The predicted octanol–water partition coefficient (Wildman–Crippen LogP) is 2.83. The van der Waals surface area contributed by atoms with Gasteiger partial charge in [-0.1, -0.05) is 48.5 Å². The number of fused-ring (bicyclic) bond motifs is 1. The van der Waals surface area contributed by atoms with Crippen LogP contribution in [0.1, 0.15) is 29.3 Å². The van der Waals surface area contributed by atoms with Gasteiger partial charge in [0, 0.05) is 17.8 Å². The van der Waals surface area contributed by atoms with Crippen molar-refractivity contribution in [3.63, 3.8) is 0 Å². The number of nitrogens with one attached hydrogen (secondary N) is 1. The molecule has 0 aromatic heterocycles. The number of hydrogen-bond donors (Lipinski definition) is 1. The van der Waals surface area contributed by atoms with E-state index in [9.17, 15) is 9.59 Å². The van der Waals surface area contributed by atoms with E-state index in [1.165, 1.54) is 5.56 Å². The molecule has 1 aliphatic heterocycles. The first-order valence-corrected chi connectivity index (χ1v) is 8.37. The molecule has 0 fully saturated rings. The van der Waals surface area contributed by atoms with Gasteiger partial charge in [0.2, 0.25) is 5.91 Å².